The van der Waals surface area contributed by atoms with Crippen LogP contribution in [-0.4, -0.2) is 18.8 Å². The van der Waals surface area contributed by atoms with E-state index in [0.29, 0.717) is 13.1 Å². The second kappa shape index (κ2) is 11.5. The Morgan fingerprint density at radius 3 is 2.35 bits per heavy atom. The van der Waals surface area contributed by atoms with Crippen molar-refractivity contribution in [2.24, 2.45) is 5.92 Å². The normalized spacial score (nSPS) is 9.41. The molecule has 1 aromatic carbocycles. The van der Waals surface area contributed by atoms with E-state index >= 15 is 0 Å². The molecule has 0 aliphatic rings. The van der Waals surface area contributed by atoms with Gasteiger partial charge < -0.3 is 4.74 Å². The van der Waals surface area contributed by atoms with Gasteiger partial charge in [0.15, 0.2) is 0 Å². The molecular formula is C14H22O2S. The van der Waals surface area contributed by atoms with E-state index in [4.69, 9.17) is 0 Å². The van der Waals surface area contributed by atoms with Crippen LogP contribution in [-0.2, 0) is 15.3 Å². The molecule has 0 aliphatic carbocycles. The van der Waals surface area contributed by atoms with Crippen LogP contribution in [0.1, 0.15) is 26.3 Å². The minimum atomic E-state index is 0.431. The van der Waals surface area contributed by atoms with Crippen molar-refractivity contribution in [2.45, 2.75) is 26.5 Å². The first-order valence-corrected chi connectivity index (χ1v) is 7.03. The molecule has 0 aliphatic heterocycles. The zero-order valence-electron chi connectivity index (χ0n) is 10.9. The van der Waals surface area contributed by atoms with Gasteiger partial charge in [-0.25, -0.2) is 0 Å². The number of ether oxygens (including phenoxy) is 1. The molecule has 0 spiro atoms. The fraction of sp³-hybridized carbons (Fsp3) is 0.500. The highest BCUT2D eigenvalue weighted by Gasteiger charge is 1.94. The third kappa shape index (κ3) is 11.3. The van der Waals surface area contributed by atoms with Crippen molar-refractivity contribution < 1.29 is 9.53 Å². The summed E-state index contributed by atoms with van der Waals surface area (Å²) in [7, 11) is 0. The van der Waals surface area contributed by atoms with Gasteiger partial charge in [-0.1, -0.05) is 44.2 Å². The molecule has 0 heterocycles. The number of thioether (sulfide) groups is 1. The SMILES string of the molecule is CC(C)CSCc1ccccc1.CCOC=O. The van der Waals surface area contributed by atoms with Gasteiger partial charge in [-0.05, 0) is 24.2 Å². The molecule has 0 N–H and O–H groups in total. The van der Waals surface area contributed by atoms with Crippen molar-refractivity contribution in [1.29, 1.82) is 0 Å². The highest BCUT2D eigenvalue weighted by Crippen LogP contribution is 2.14. The van der Waals surface area contributed by atoms with E-state index in [1.807, 2.05) is 11.8 Å². The smallest absolute Gasteiger partial charge is 0.293 e. The van der Waals surface area contributed by atoms with Gasteiger partial charge >= 0.3 is 0 Å². The van der Waals surface area contributed by atoms with Crippen LogP contribution in [0.25, 0.3) is 0 Å². The Hall–Kier alpha value is -0.960. The van der Waals surface area contributed by atoms with Gasteiger partial charge in [-0.2, -0.15) is 11.8 Å². The van der Waals surface area contributed by atoms with Crippen LogP contribution in [0, 0.1) is 5.92 Å². The number of hydrogen-bond donors (Lipinski definition) is 0. The fourth-order valence-electron chi connectivity index (χ4n) is 1.05. The number of rotatable bonds is 6. The molecule has 96 valence electrons. The highest BCUT2D eigenvalue weighted by atomic mass is 32.2. The van der Waals surface area contributed by atoms with Gasteiger partial charge in [0, 0.05) is 5.75 Å². The summed E-state index contributed by atoms with van der Waals surface area (Å²) in [6.45, 7) is 7.19. The first kappa shape index (κ1) is 16.0. The van der Waals surface area contributed by atoms with Gasteiger partial charge in [0.1, 0.15) is 0 Å². The maximum atomic E-state index is 9.18. The summed E-state index contributed by atoms with van der Waals surface area (Å²) in [4.78, 5) is 9.18. The van der Waals surface area contributed by atoms with E-state index in [-0.39, 0.29) is 0 Å². The van der Waals surface area contributed by atoms with Crippen molar-refractivity contribution in [3.63, 3.8) is 0 Å². The monoisotopic (exact) mass is 254 g/mol. The molecule has 1 aromatic rings. The highest BCUT2D eigenvalue weighted by molar-refractivity contribution is 7.98. The minimum absolute atomic E-state index is 0.431. The summed E-state index contributed by atoms with van der Waals surface area (Å²) >= 11 is 2.01. The van der Waals surface area contributed by atoms with Crippen LogP contribution in [0.4, 0.5) is 0 Å². The number of carbonyl (C=O) groups excluding carboxylic acids is 1. The topological polar surface area (TPSA) is 26.3 Å². The number of hydrogen-bond acceptors (Lipinski definition) is 3. The van der Waals surface area contributed by atoms with Crippen molar-refractivity contribution in [3.8, 4) is 0 Å². The lowest BCUT2D eigenvalue weighted by Gasteiger charge is -2.03. The van der Waals surface area contributed by atoms with E-state index in [0.717, 1.165) is 11.7 Å². The second-order valence-corrected chi connectivity index (χ2v) is 4.98. The molecule has 0 saturated heterocycles. The second-order valence-electron chi connectivity index (χ2n) is 3.95. The predicted molar refractivity (Wildman–Crippen MR) is 75.1 cm³/mol. The van der Waals surface area contributed by atoms with Gasteiger partial charge in [-0.15, -0.1) is 0 Å². The molecule has 0 amide bonds. The molecule has 0 saturated carbocycles. The van der Waals surface area contributed by atoms with Crippen LogP contribution in [0.5, 0.6) is 0 Å². The Morgan fingerprint density at radius 1 is 1.29 bits per heavy atom. The quantitative estimate of drug-likeness (QED) is 0.723. The van der Waals surface area contributed by atoms with E-state index in [9.17, 15) is 4.79 Å². The molecule has 0 aromatic heterocycles. The first-order valence-electron chi connectivity index (χ1n) is 5.87. The zero-order valence-corrected chi connectivity index (χ0v) is 11.7. The minimum Gasteiger partial charge on any atom is -0.468 e. The van der Waals surface area contributed by atoms with E-state index in [2.05, 4.69) is 48.9 Å². The van der Waals surface area contributed by atoms with Crippen LogP contribution in [0.3, 0.4) is 0 Å². The number of carbonyl (C=O) groups is 1. The predicted octanol–water partition coefficient (Wildman–Crippen LogP) is 3.76. The maximum absolute atomic E-state index is 9.18. The molecule has 2 nitrogen and oxygen atoms in total. The summed E-state index contributed by atoms with van der Waals surface area (Å²) in [6, 6.07) is 10.6. The Labute approximate surface area is 109 Å². The first-order chi connectivity index (χ1) is 8.20. The van der Waals surface area contributed by atoms with Crippen molar-refractivity contribution in [3.05, 3.63) is 35.9 Å². The summed E-state index contributed by atoms with van der Waals surface area (Å²) in [6.07, 6.45) is 0. The van der Waals surface area contributed by atoms with Crippen molar-refractivity contribution in [1.82, 2.24) is 0 Å². The Morgan fingerprint density at radius 2 is 1.94 bits per heavy atom. The van der Waals surface area contributed by atoms with Crippen molar-refractivity contribution >= 4 is 18.2 Å². The van der Waals surface area contributed by atoms with Crippen LogP contribution in [0.15, 0.2) is 30.3 Å². The average molecular weight is 254 g/mol. The van der Waals surface area contributed by atoms with Crippen LogP contribution >= 0.6 is 11.8 Å². The van der Waals surface area contributed by atoms with Crippen LogP contribution in [0.2, 0.25) is 0 Å². The third-order valence-electron chi connectivity index (χ3n) is 1.80. The lowest BCUT2D eigenvalue weighted by atomic mass is 10.2. The molecule has 0 radical (unpaired) electrons. The summed E-state index contributed by atoms with van der Waals surface area (Å²) in [5, 5.41) is 0. The van der Waals surface area contributed by atoms with Gasteiger partial charge in [0.2, 0.25) is 0 Å². The van der Waals surface area contributed by atoms with E-state index < -0.39 is 0 Å². The molecule has 0 bridgehead atoms. The van der Waals surface area contributed by atoms with Crippen molar-refractivity contribution in [2.75, 3.05) is 12.4 Å². The molecule has 0 atom stereocenters. The lowest BCUT2D eigenvalue weighted by Crippen LogP contribution is -1.91. The molecular weight excluding hydrogens is 232 g/mol. The Bertz CT molecular complexity index is 273. The largest absolute Gasteiger partial charge is 0.468 e. The molecule has 3 heteroatoms. The zero-order chi connectivity index (χ0) is 12.9. The summed E-state index contributed by atoms with van der Waals surface area (Å²) in [5.74, 6) is 3.21. The van der Waals surface area contributed by atoms with E-state index in [1.165, 1.54) is 11.3 Å². The van der Waals surface area contributed by atoms with Gasteiger partial charge in [0.25, 0.3) is 6.47 Å². The Kier molecular flexibility index (Phi) is 10.9. The van der Waals surface area contributed by atoms with Gasteiger partial charge in [-0.3, -0.25) is 4.79 Å². The van der Waals surface area contributed by atoms with Crippen LogP contribution < -0.4 is 0 Å². The summed E-state index contributed by atoms with van der Waals surface area (Å²) in [5.41, 5.74) is 1.43. The number of benzene rings is 1. The summed E-state index contributed by atoms with van der Waals surface area (Å²) < 4.78 is 4.15. The fourth-order valence-corrected chi connectivity index (χ4v) is 2.07. The molecule has 1 rings (SSSR count). The maximum Gasteiger partial charge on any atom is 0.293 e. The third-order valence-corrected chi connectivity index (χ3v) is 3.24. The Balaban J connectivity index is 0.000000437. The standard InChI is InChI=1S/C11H16S.C3H6O2/c1-10(2)8-12-9-11-6-4-3-5-7-11;1-2-5-3-4/h3-7,10H,8-9H2,1-2H3;3H,2H2,1H3. The molecule has 0 fully saturated rings. The van der Waals surface area contributed by atoms with Gasteiger partial charge in [0.05, 0.1) is 6.61 Å². The average Bonchev–Trinajstić information content (AvgIpc) is 2.32. The van der Waals surface area contributed by atoms with E-state index in [1.54, 1.807) is 6.92 Å². The molecule has 17 heavy (non-hydrogen) atoms. The lowest BCUT2D eigenvalue weighted by molar-refractivity contribution is -0.128. The molecule has 0 unspecified atom stereocenters.